The summed E-state index contributed by atoms with van der Waals surface area (Å²) >= 11 is 4.10. The Morgan fingerprint density at radius 3 is 2.19 bits per heavy atom. The zero-order chi connectivity index (χ0) is 24.1. The zero-order valence-electron chi connectivity index (χ0n) is 18.0. The highest BCUT2D eigenvalue weighted by Crippen LogP contribution is 2.07. The molecule has 0 bridgehead atoms. The summed E-state index contributed by atoms with van der Waals surface area (Å²) in [5, 5.41) is 19.8. The van der Waals surface area contributed by atoms with Gasteiger partial charge < -0.3 is 37.8 Å². The van der Waals surface area contributed by atoms with Crippen LogP contribution in [0, 0.1) is 0 Å². The summed E-state index contributed by atoms with van der Waals surface area (Å²) in [6.45, 7) is 1.10. The number of carbonyl (C=O) groups is 5. The molecule has 1 aliphatic heterocycles. The number of aliphatic carboxylic acids is 1. The Morgan fingerprint density at radius 2 is 1.66 bits per heavy atom. The molecule has 1 rings (SSSR count). The van der Waals surface area contributed by atoms with Crippen LogP contribution in [0.5, 0.6) is 0 Å². The first-order valence-corrected chi connectivity index (χ1v) is 11.3. The molecule has 0 aromatic heterocycles. The number of carbonyl (C=O) groups excluding carboxylic acids is 4. The smallest absolute Gasteiger partial charge is 0.326 e. The van der Waals surface area contributed by atoms with E-state index in [-0.39, 0.29) is 30.9 Å². The van der Waals surface area contributed by atoms with Crippen molar-refractivity contribution in [3.63, 3.8) is 0 Å². The Balaban J connectivity index is 2.80. The van der Waals surface area contributed by atoms with E-state index in [0.717, 1.165) is 6.42 Å². The number of carboxylic acids is 1. The third-order valence-electron chi connectivity index (χ3n) is 5.07. The highest BCUT2D eigenvalue weighted by Gasteiger charge is 2.31. The van der Waals surface area contributed by atoms with Gasteiger partial charge in [-0.1, -0.05) is 0 Å². The van der Waals surface area contributed by atoms with E-state index in [4.69, 9.17) is 11.5 Å². The van der Waals surface area contributed by atoms with Gasteiger partial charge in [-0.2, -0.15) is 12.6 Å². The minimum absolute atomic E-state index is 0.0225. The molecular formula is C19H34N6O6S. The number of unbranched alkanes of at least 4 members (excludes halogenated alkanes) is 1. The molecule has 0 radical (unpaired) electrons. The molecule has 1 fully saturated rings. The molecule has 0 aromatic carbocycles. The molecule has 1 heterocycles. The van der Waals surface area contributed by atoms with Crippen molar-refractivity contribution in [1.82, 2.24) is 21.3 Å². The van der Waals surface area contributed by atoms with Crippen LogP contribution in [0.3, 0.4) is 0 Å². The van der Waals surface area contributed by atoms with Gasteiger partial charge >= 0.3 is 5.97 Å². The molecule has 13 heteroatoms. The van der Waals surface area contributed by atoms with Crippen molar-refractivity contribution in [2.24, 2.45) is 11.5 Å². The Morgan fingerprint density at radius 1 is 1.00 bits per heavy atom. The maximum Gasteiger partial charge on any atom is 0.326 e. The van der Waals surface area contributed by atoms with Gasteiger partial charge in [-0.25, -0.2) is 4.79 Å². The predicted octanol–water partition coefficient (Wildman–Crippen LogP) is -2.40. The molecule has 0 aliphatic carbocycles. The second kappa shape index (κ2) is 14.6. The molecule has 0 saturated carbocycles. The first-order valence-electron chi connectivity index (χ1n) is 10.7. The van der Waals surface area contributed by atoms with E-state index < -0.39 is 47.9 Å². The first kappa shape index (κ1) is 27.7. The van der Waals surface area contributed by atoms with E-state index in [1.165, 1.54) is 0 Å². The highest BCUT2D eigenvalue weighted by molar-refractivity contribution is 7.80. The van der Waals surface area contributed by atoms with Crippen LogP contribution < -0.4 is 32.7 Å². The van der Waals surface area contributed by atoms with E-state index in [1.807, 2.05) is 0 Å². The topological polar surface area (TPSA) is 206 Å². The fraction of sp³-hybridized carbons (Fsp3) is 0.737. The summed E-state index contributed by atoms with van der Waals surface area (Å²) in [5.74, 6) is -3.71. The van der Waals surface area contributed by atoms with Crippen molar-refractivity contribution >= 4 is 42.2 Å². The van der Waals surface area contributed by atoms with Gasteiger partial charge in [-0.05, 0) is 51.6 Å². The SMILES string of the molecule is NCCCCC(NC(=O)C(CCC(N)=O)NC(=O)C(CS)NC(=O)C1CCCN1)C(=O)O. The van der Waals surface area contributed by atoms with E-state index >= 15 is 0 Å². The average molecular weight is 475 g/mol. The van der Waals surface area contributed by atoms with Crippen LogP contribution in [0.4, 0.5) is 0 Å². The molecule has 1 aliphatic rings. The molecule has 32 heavy (non-hydrogen) atoms. The van der Waals surface area contributed by atoms with Crippen LogP contribution in [0.1, 0.15) is 44.9 Å². The van der Waals surface area contributed by atoms with Crippen LogP contribution in [0.25, 0.3) is 0 Å². The number of hydrogen-bond acceptors (Lipinski definition) is 8. The first-order chi connectivity index (χ1) is 15.2. The van der Waals surface area contributed by atoms with Crippen molar-refractivity contribution in [3.05, 3.63) is 0 Å². The molecule has 4 atom stereocenters. The van der Waals surface area contributed by atoms with Gasteiger partial charge in [0.15, 0.2) is 0 Å². The summed E-state index contributed by atoms with van der Waals surface area (Å²) in [4.78, 5) is 60.4. The number of thiol groups is 1. The predicted molar refractivity (Wildman–Crippen MR) is 120 cm³/mol. The van der Waals surface area contributed by atoms with Gasteiger partial charge in [0.25, 0.3) is 0 Å². The van der Waals surface area contributed by atoms with Crippen LogP contribution >= 0.6 is 12.6 Å². The summed E-state index contributed by atoms with van der Waals surface area (Å²) in [6, 6.07) is -3.80. The highest BCUT2D eigenvalue weighted by atomic mass is 32.1. The molecule has 182 valence electrons. The number of primary amides is 1. The quantitative estimate of drug-likeness (QED) is 0.0946. The summed E-state index contributed by atoms with van der Waals surface area (Å²) in [6.07, 6.45) is 2.43. The van der Waals surface area contributed by atoms with Gasteiger partial charge in [0.05, 0.1) is 6.04 Å². The third kappa shape index (κ3) is 9.83. The lowest BCUT2D eigenvalue weighted by Gasteiger charge is -2.24. The third-order valence-corrected chi connectivity index (χ3v) is 5.43. The Bertz CT molecular complexity index is 673. The number of carboxylic acid groups (broad SMARTS) is 1. The summed E-state index contributed by atoms with van der Waals surface area (Å²) in [7, 11) is 0. The van der Waals surface area contributed by atoms with Crippen molar-refractivity contribution in [2.75, 3.05) is 18.8 Å². The number of hydrogen-bond donors (Lipinski definition) is 8. The van der Waals surface area contributed by atoms with Gasteiger partial charge in [0.1, 0.15) is 18.1 Å². The minimum atomic E-state index is -1.22. The van der Waals surface area contributed by atoms with Gasteiger partial charge in [0.2, 0.25) is 23.6 Å². The molecule has 0 spiro atoms. The second-order valence-corrected chi connectivity index (χ2v) is 8.01. The number of amides is 4. The number of nitrogens with two attached hydrogens (primary N) is 2. The van der Waals surface area contributed by atoms with E-state index in [0.29, 0.717) is 32.4 Å². The molecule has 9 N–H and O–H groups in total. The Hall–Kier alpha value is -2.38. The molecule has 4 unspecified atom stereocenters. The van der Waals surface area contributed by atoms with Gasteiger partial charge in [-0.3, -0.25) is 19.2 Å². The maximum atomic E-state index is 12.7. The normalized spacial score (nSPS) is 18.2. The number of rotatable bonds is 15. The fourth-order valence-corrected chi connectivity index (χ4v) is 3.48. The van der Waals surface area contributed by atoms with E-state index in [2.05, 4.69) is 33.9 Å². The van der Waals surface area contributed by atoms with Gasteiger partial charge in [-0.15, -0.1) is 0 Å². The van der Waals surface area contributed by atoms with Crippen LogP contribution in [-0.2, 0) is 24.0 Å². The van der Waals surface area contributed by atoms with Crippen LogP contribution in [0.2, 0.25) is 0 Å². The average Bonchev–Trinajstić information content (AvgIpc) is 3.28. The molecule has 4 amide bonds. The largest absolute Gasteiger partial charge is 0.480 e. The van der Waals surface area contributed by atoms with Crippen molar-refractivity contribution in [3.8, 4) is 0 Å². The molecule has 0 aromatic rings. The fourth-order valence-electron chi connectivity index (χ4n) is 3.22. The van der Waals surface area contributed by atoms with Crippen molar-refractivity contribution in [1.29, 1.82) is 0 Å². The Kier molecular flexibility index (Phi) is 12.7. The Labute approximate surface area is 192 Å². The standard InChI is InChI=1S/C19H34N6O6S/c20-8-2-1-4-13(19(30)31)24-17(28)12(6-7-15(21)26)23-18(29)14(10-32)25-16(27)11-5-3-9-22-11/h11-14,22,32H,1-10,20H2,(H2,21,26)(H,23,29)(H,24,28)(H,25,27)(H,30,31). The van der Waals surface area contributed by atoms with Crippen molar-refractivity contribution in [2.45, 2.75) is 69.1 Å². The summed E-state index contributed by atoms with van der Waals surface area (Å²) < 4.78 is 0. The van der Waals surface area contributed by atoms with E-state index in [1.54, 1.807) is 0 Å². The minimum Gasteiger partial charge on any atom is -0.480 e. The lowest BCUT2D eigenvalue weighted by atomic mass is 10.1. The molecular weight excluding hydrogens is 440 g/mol. The van der Waals surface area contributed by atoms with Gasteiger partial charge in [0, 0.05) is 12.2 Å². The maximum absolute atomic E-state index is 12.7. The second-order valence-electron chi connectivity index (χ2n) is 7.64. The monoisotopic (exact) mass is 474 g/mol. The van der Waals surface area contributed by atoms with Crippen molar-refractivity contribution < 1.29 is 29.1 Å². The summed E-state index contributed by atoms with van der Waals surface area (Å²) in [5.41, 5.74) is 10.6. The lowest BCUT2D eigenvalue weighted by Crippen LogP contribution is -2.57. The number of nitrogens with one attached hydrogen (secondary N) is 4. The molecule has 1 saturated heterocycles. The lowest BCUT2D eigenvalue weighted by molar-refractivity contribution is -0.142. The van der Waals surface area contributed by atoms with E-state index in [9.17, 15) is 29.1 Å². The molecule has 12 nitrogen and oxygen atoms in total. The zero-order valence-corrected chi connectivity index (χ0v) is 18.9. The van der Waals surface area contributed by atoms with Crippen LogP contribution in [-0.4, -0.2) is 77.7 Å². The van der Waals surface area contributed by atoms with Crippen LogP contribution in [0.15, 0.2) is 0 Å².